The van der Waals surface area contributed by atoms with Crippen LogP contribution >= 0.6 is 11.6 Å². The van der Waals surface area contributed by atoms with Crippen LogP contribution in [0.3, 0.4) is 0 Å². The van der Waals surface area contributed by atoms with Gasteiger partial charge in [-0.15, -0.1) is 0 Å². The van der Waals surface area contributed by atoms with Crippen LogP contribution < -0.4 is 0 Å². The molecule has 1 N–H and O–H groups in total. The first kappa shape index (κ1) is 12.0. The average molecular weight is 252 g/mol. The van der Waals surface area contributed by atoms with Crippen LogP contribution in [0.5, 0.6) is 0 Å². The predicted molar refractivity (Wildman–Crippen MR) is 68.6 cm³/mol. The van der Waals surface area contributed by atoms with Gasteiger partial charge < -0.3 is 9.67 Å². The SMILES string of the molecule is CCn1c(CCC(=O)O)cc2cc(Cl)ccc21. The van der Waals surface area contributed by atoms with Gasteiger partial charge in [0.1, 0.15) is 0 Å². The second-order valence-electron chi connectivity index (χ2n) is 3.98. The summed E-state index contributed by atoms with van der Waals surface area (Å²) in [4.78, 5) is 10.6. The third-order valence-corrected chi connectivity index (χ3v) is 3.10. The number of carbonyl (C=O) groups is 1. The van der Waals surface area contributed by atoms with Gasteiger partial charge in [0.05, 0.1) is 6.42 Å². The maximum Gasteiger partial charge on any atom is 0.303 e. The number of aryl methyl sites for hydroxylation is 2. The van der Waals surface area contributed by atoms with Gasteiger partial charge >= 0.3 is 5.97 Å². The van der Waals surface area contributed by atoms with Crippen molar-refractivity contribution in [2.45, 2.75) is 26.3 Å². The van der Waals surface area contributed by atoms with Crippen molar-refractivity contribution < 1.29 is 9.90 Å². The lowest BCUT2D eigenvalue weighted by atomic mass is 10.2. The standard InChI is InChI=1S/C13H14ClNO2/c1-2-15-11(4-6-13(16)17)8-9-7-10(14)3-5-12(9)15/h3,5,7-8H,2,4,6H2,1H3,(H,16,17). The van der Waals surface area contributed by atoms with E-state index in [0.29, 0.717) is 11.4 Å². The van der Waals surface area contributed by atoms with Crippen LogP contribution in [0, 0.1) is 0 Å². The first-order valence-corrected chi connectivity index (χ1v) is 5.99. The lowest BCUT2D eigenvalue weighted by molar-refractivity contribution is -0.136. The molecule has 0 saturated heterocycles. The van der Waals surface area contributed by atoms with Gasteiger partial charge in [-0.05, 0) is 37.6 Å². The molecule has 2 rings (SSSR count). The molecule has 3 nitrogen and oxygen atoms in total. The van der Waals surface area contributed by atoms with E-state index >= 15 is 0 Å². The Morgan fingerprint density at radius 1 is 1.41 bits per heavy atom. The minimum absolute atomic E-state index is 0.157. The Morgan fingerprint density at radius 2 is 2.18 bits per heavy atom. The molecular weight excluding hydrogens is 238 g/mol. The molecule has 0 aliphatic rings. The van der Waals surface area contributed by atoms with Crippen molar-refractivity contribution in [1.29, 1.82) is 0 Å². The van der Waals surface area contributed by atoms with E-state index in [0.717, 1.165) is 23.1 Å². The second kappa shape index (κ2) is 4.80. The van der Waals surface area contributed by atoms with Crippen molar-refractivity contribution in [3.8, 4) is 0 Å². The van der Waals surface area contributed by atoms with Crippen molar-refractivity contribution in [2.75, 3.05) is 0 Å². The van der Waals surface area contributed by atoms with E-state index in [4.69, 9.17) is 16.7 Å². The monoisotopic (exact) mass is 251 g/mol. The zero-order valence-electron chi connectivity index (χ0n) is 9.61. The number of hydrogen-bond donors (Lipinski definition) is 1. The Kier molecular flexibility index (Phi) is 3.38. The first-order valence-electron chi connectivity index (χ1n) is 5.61. The van der Waals surface area contributed by atoms with Gasteiger partial charge in [-0.1, -0.05) is 11.6 Å². The van der Waals surface area contributed by atoms with Crippen LogP contribution in [-0.2, 0) is 17.8 Å². The molecule has 0 bridgehead atoms. The normalized spacial score (nSPS) is 10.9. The van der Waals surface area contributed by atoms with Crippen molar-refractivity contribution in [3.05, 3.63) is 35.0 Å². The molecule has 0 aliphatic heterocycles. The lowest BCUT2D eigenvalue weighted by Gasteiger charge is -2.06. The Bertz CT molecular complexity index is 560. The number of halogens is 1. The minimum Gasteiger partial charge on any atom is -0.481 e. The topological polar surface area (TPSA) is 42.2 Å². The smallest absolute Gasteiger partial charge is 0.303 e. The molecule has 2 aromatic rings. The molecule has 0 fully saturated rings. The highest BCUT2D eigenvalue weighted by Gasteiger charge is 2.09. The number of benzene rings is 1. The summed E-state index contributed by atoms with van der Waals surface area (Å²) in [5, 5.41) is 10.5. The molecule has 0 radical (unpaired) electrons. The molecule has 0 amide bonds. The number of aromatic nitrogens is 1. The van der Waals surface area contributed by atoms with Gasteiger partial charge in [-0.2, -0.15) is 0 Å². The summed E-state index contributed by atoms with van der Waals surface area (Å²) in [6, 6.07) is 7.77. The van der Waals surface area contributed by atoms with Crippen LogP contribution in [0.4, 0.5) is 0 Å². The van der Waals surface area contributed by atoms with E-state index < -0.39 is 5.97 Å². The zero-order valence-corrected chi connectivity index (χ0v) is 10.4. The van der Waals surface area contributed by atoms with Crippen molar-refractivity contribution in [3.63, 3.8) is 0 Å². The van der Waals surface area contributed by atoms with Crippen LogP contribution in [0.1, 0.15) is 19.0 Å². The van der Waals surface area contributed by atoms with Crippen LogP contribution in [0.15, 0.2) is 24.3 Å². The molecule has 0 aliphatic carbocycles. The molecule has 1 aromatic carbocycles. The summed E-state index contributed by atoms with van der Waals surface area (Å²) in [5.74, 6) is -0.768. The van der Waals surface area contributed by atoms with E-state index in [1.54, 1.807) is 0 Å². The third-order valence-electron chi connectivity index (χ3n) is 2.86. The van der Waals surface area contributed by atoms with E-state index in [1.807, 2.05) is 24.3 Å². The van der Waals surface area contributed by atoms with Gasteiger partial charge in [0, 0.05) is 28.2 Å². The molecule has 0 saturated carbocycles. The van der Waals surface area contributed by atoms with Gasteiger partial charge in [0.15, 0.2) is 0 Å². The molecule has 1 heterocycles. The van der Waals surface area contributed by atoms with Gasteiger partial charge in [0.25, 0.3) is 0 Å². The van der Waals surface area contributed by atoms with E-state index in [-0.39, 0.29) is 6.42 Å². The number of aliphatic carboxylic acids is 1. The first-order chi connectivity index (χ1) is 8.11. The largest absolute Gasteiger partial charge is 0.481 e. The van der Waals surface area contributed by atoms with Gasteiger partial charge in [0.2, 0.25) is 0 Å². The van der Waals surface area contributed by atoms with E-state index in [9.17, 15) is 4.79 Å². The highest BCUT2D eigenvalue weighted by Crippen LogP contribution is 2.24. The highest BCUT2D eigenvalue weighted by molar-refractivity contribution is 6.31. The quantitative estimate of drug-likeness (QED) is 0.906. The second-order valence-corrected chi connectivity index (χ2v) is 4.41. The van der Waals surface area contributed by atoms with Crippen LogP contribution in [-0.4, -0.2) is 15.6 Å². The summed E-state index contributed by atoms with van der Waals surface area (Å²) >= 11 is 5.95. The van der Waals surface area contributed by atoms with Crippen molar-refractivity contribution in [1.82, 2.24) is 4.57 Å². The van der Waals surface area contributed by atoms with E-state index in [2.05, 4.69) is 11.5 Å². The van der Waals surface area contributed by atoms with Crippen molar-refractivity contribution >= 4 is 28.5 Å². The maximum absolute atomic E-state index is 10.6. The minimum atomic E-state index is -0.768. The third kappa shape index (κ3) is 2.44. The number of nitrogens with zero attached hydrogens (tertiary/aromatic N) is 1. The van der Waals surface area contributed by atoms with Crippen LogP contribution in [0.2, 0.25) is 5.02 Å². The van der Waals surface area contributed by atoms with Gasteiger partial charge in [-0.3, -0.25) is 4.79 Å². The van der Waals surface area contributed by atoms with E-state index in [1.165, 1.54) is 0 Å². The molecule has 4 heteroatoms. The fraction of sp³-hybridized carbons (Fsp3) is 0.308. The lowest BCUT2D eigenvalue weighted by Crippen LogP contribution is -2.04. The zero-order chi connectivity index (χ0) is 12.4. The highest BCUT2D eigenvalue weighted by atomic mass is 35.5. The Labute approximate surface area is 105 Å². The number of carboxylic acids is 1. The number of carboxylic acid groups (broad SMARTS) is 1. The molecule has 17 heavy (non-hydrogen) atoms. The van der Waals surface area contributed by atoms with Crippen LogP contribution in [0.25, 0.3) is 10.9 Å². The summed E-state index contributed by atoms with van der Waals surface area (Å²) in [6.07, 6.45) is 0.708. The fourth-order valence-electron chi connectivity index (χ4n) is 2.11. The summed E-state index contributed by atoms with van der Waals surface area (Å²) < 4.78 is 2.13. The summed E-state index contributed by atoms with van der Waals surface area (Å²) in [5.41, 5.74) is 2.16. The molecule has 0 spiro atoms. The molecule has 0 atom stereocenters. The number of fused-ring (bicyclic) bond motifs is 1. The fourth-order valence-corrected chi connectivity index (χ4v) is 2.30. The van der Waals surface area contributed by atoms with Crippen molar-refractivity contribution in [2.24, 2.45) is 0 Å². The Balaban J connectivity index is 2.44. The Morgan fingerprint density at radius 3 is 2.82 bits per heavy atom. The summed E-state index contributed by atoms with van der Waals surface area (Å²) in [7, 11) is 0. The molecule has 0 unspecified atom stereocenters. The Hall–Kier alpha value is -1.48. The maximum atomic E-state index is 10.6. The molecule has 90 valence electrons. The number of rotatable bonds is 4. The number of hydrogen-bond acceptors (Lipinski definition) is 1. The van der Waals surface area contributed by atoms with Gasteiger partial charge in [-0.25, -0.2) is 0 Å². The molecular formula is C13H14ClNO2. The predicted octanol–water partition coefficient (Wildman–Crippen LogP) is 3.33. The molecule has 1 aromatic heterocycles. The summed E-state index contributed by atoms with van der Waals surface area (Å²) in [6.45, 7) is 2.89. The average Bonchev–Trinajstić information content (AvgIpc) is 2.62.